The fraction of sp³-hybridized carbons (Fsp3) is 0.296. The van der Waals surface area contributed by atoms with Crippen molar-refractivity contribution in [2.24, 2.45) is 5.92 Å². The number of nitrogens with zero attached hydrogens (tertiary/aromatic N) is 2. The number of benzene rings is 3. The summed E-state index contributed by atoms with van der Waals surface area (Å²) < 4.78 is 18.9. The highest BCUT2D eigenvalue weighted by Gasteiger charge is 2.41. The molecule has 2 atom stereocenters. The lowest BCUT2D eigenvalue weighted by atomic mass is 9.83. The molecular formula is C27H28FN3O2. The molecule has 5 nitrogen and oxygen atoms in total. The van der Waals surface area contributed by atoms with Gasteiger partial charge >= 0.3 is 0 Å². The van der Waals surface area contributed by atoms with Gasteiger partial charge in [-0.25, -0.2) is 4.39 Å². The van der Waals surface area contributed by atoms with Crippen LogP contribution < -0.4 is 19.9 Å². The molecule has 0 aliphatic carbocycles. The zero-order chi connectivity index (χ0) is 22.8. The quantitative estimate of drug-likeness (QED) is 0.645. The summed E-state index contributed by atoms with van der Waals surface area (Å²) >= 11 is 0. The molecule has 6 heteroatoms. The van der Waals surface area contributed by atoms with Crippen molar-refractivity contribution in [3.05, 3.63) is 89.7 Å². The van der Waals surface area contributed by atoms with Gasteiger partial charge < -0.3 is 19.9 Å². The van der Waals surface area contributed by atoms with Crippen LogP contribution >= 0.6 is 0 Å². The molecule has 1 saturated heterocycles. The van der Waals surface area contributed by atoms with E-state index >= 15 is 0 Å². The van der Waals surface area contributed by atoms with E-state index in [1.165, 1.54) is 17.7 Å². The minimum atomic E-state index is -0.241. The van der Waals surface area contributed by atoms with Gasteiger partial charge in [-0.1, -0.05) is 36.4 Å². The number of hydrogen-bond acceptors (Lipinski definition) is 4. The highest BCUT2D eigenvalue weighted by Crippen LogP contribution is 2.39. The molecule has 0 bridgehead atoms. The van der Waals surface area contributed by atoms with Gasteiger partial charge in [0, 0.05) is 43.6 Å². The number of rotatable bonds is 5. The van der Waals surface area contributed by atoms with Crippen LogP contribution in [-0.2, 0) is 17.8 Å². The van der Waals surface area contributed by atoms with Gasteiger partial charge in [0.2, 0.25) is 5.91 Å². The average Bonchev–Trinajstić information content (AvgIpc) is 2.87. The van der Waals surface area contributed by atoms with Gasteiger partial charge in [-0.3, -0.25) is 4.79 Å². The number of carbonyl (C=O) groups is 1. The predicted molar refractivity (Wildman–Crippen MR) is 128 cm³/mol. The zero-order valence-electron chi connectivity index (χ0n) is 18.7. The number of hydrogen-bond donors (Lipinski definition) is 1. The van der Waals surface area contributed by atoms with Crippen LogP contribution in [-0.4, -0.2) is 38.7 Å². The highest BCUT2D eigenvalue weighted by molar-refractivity contribution is 5.82. The third-order valence-corrected chi connectivity index (χ3v) is 6.76. The Kier molecular flexibility index (Phi) is 5.90. The molecular weight excluding hydrogens is 417 g/mol. The maximum Gasteiger partial charge on any atom is 0.225 e. The topological polar surface area (TPSA) is 44.8 Å². The smallest absolute Gasteiger partial charge is 0.225 e. The Bertz CT molecular complexity index is 1120. The summed E-state index contributed by atoms with van der Waals surface area (Å²) in [4.78, 5) is 18.0. The Morgan fingerprint density at radius 1 is 1.06 bits per heavy atom. The molecule has 1 amide bonds. The van der Waals surface area contributed by atoms with Gasteiger partial charge in [-0.05, 0) is 47.9 Å². The Hall–Kier alpha value is -3.54. The highest BCUT2D eigenvalue weighted by atomic mass is 19.1. The van der Waals surface area contributed by atoms with E-state index in [0.717, 1.165) is 35.8 Å². The van der Waals surface area contributed by atoms with Gasteiger partial charge in [-0.15, -0.1) is 0 Å². The molecule has 0 saturated carbocycles. The lowest BCUT2D eigenvalue weighted by Crippen LogP contribution is -2.61. The SMILES string of the molecule is COc1ccc2c(c1)N1CCN(c3ccc(F)cc3)C[C@@H]1[C@@H](C(=O)NCc1ccccc1)C2. The second-order valence-corrected chi connectivity index (χ2v) is 8.69. The Morgan fingerprint density at radius 3 is 2.61 bits per heavy atom. The standard InChI is InChI=1S/C27H28FN3O2/c1-33-23-12-7-20-15-24(27(32)29-17-19-5-3-2-4-6-19)26-18-30(13-14-31(26)25(20)16-23)22-10-8-21(28)9-11-22/h2-12,16,24,26H,13-15,17-18H2,1H3,(H,29,32)/t24-,26+/m0/s1. The maximum absolute atomic E-state index is 13.5. The molecule has 2 aliphatic heterocycles. The van der Waals surface area contributed by atoms with E-state index in [9.17, 15) is 9.18 Å². The summed E-state index contributed by atoms with van der Waals surface area (Å²) in [6.45, 7) is 2.80. The molecule has 2 heterocycles. The van der Waals surface area contributed by atoms with E-state index in [2.05, 4.69) is 27.2 Å². The van der Waals surface area contributed by atoms with Gasteiger partial charge in [0.25, 0.3) is 0 Å². The largest absolute Gasteiger partial charge is 0.497 e. The van der Waals surface area contributed by atoms with Crippen LogP contribution in [0.1, 0.15) is 11.1 Å². The van der Waals surface area contributed by atoms with E-state index in [1.807, 2.05) is 48.5 Å². The fourth-order valence-corrected chi connectivity index (χ4v) is 5.01. The maximum atomic E-state index is 13.5. The van der Waals surface area contributed by atoms with E-state index in [1.54, 1.807) is 7.11 Å². The van der Waals surface area contributed by atoms with Crippen LogP contribution in [0.4, 0.5) is 15.8 Å². The first kappa shape index (κ1) is 21.3. The number of fused-ring (bicyclic) bond motifs is 3. The normalized spacial score (nSPS) is 19.5. The van der Waals surface area contributed by atoms with Crippen LogP contribution in [0.3, 0.4) is 0 Å². The summed E-state index contributed by atoms with van der Waals surface area (Å²) in [5.41, 5.74) is 4.38. The number of ether oxygens (including phenoxy) is 1. The van der Waals surface area contributed by atoms with Gasteiger partial charge in [0.15, 0.2) is 0 Å². The van der Waals surface area contributed by atoms with E-state index < -0.39 is 0 Å². The number of nitrogens with one attached hydrogen (secondary N) is 1. The molecule has 3 aromatic rings. The number of amides is 1. The minimum Gasteiger partial charge on any atom is -0.497 e. The van der Waals surface area contributed by atoms with Crippen LogP contribution in [0.5, 0.6) is 5.75 Å². The van der Waals surface area contributed by atoms with Crippen molar-refractivity contribution >= 4 is 17.3 Å². The van der Waals surface area contributed by atoms with Crippen LogP contribution in [0.25, 0.3) is 0 Å². The van der Waals surface area contributed by atoms with E-state index in [-0.39, 0.29) is 23.7 Å². The van der Waals surface area contributed by atoms with E-state index in [0.29, 0.717) is 19.5 Å². The van der Waals surface area contributed by atoms with Crippen molar-refractivity contribution in [3.63, 3.8) is 0 Å². The first-order valence-corrected chi connectivity index (χ1v) is 11.4. The first-order chi connectivity index (χ1) is 16.1. The van der Waals surface area contributed by atoms with Crippen molar-refractivity contribution < 1.29 is 13.9 Å². The molecule has 1 N–H and O–H groups in total. The van der Waals surface area contributed by atoms with Crippen LogP contribution in [0, 0.1) is 11.7 Å². The number of carbonyl (C=O) groups excluding carboxylic acids is 1. The molecule has 5 rings (SSSR count). The second-order valence-electron chi connectivity index (χ2n) is 8.69. The average molecular weight is 446 g/mol. The first-order valence-electron chi connectivity index (χ1n) is 11.4. The van der Waals surface area contributed by atoms with Crippen molar-refractivity contribution in [2.45, 2.75) is 19.0 Å². The summed E-state index contributed by atoms with van der Waals surface area (Å²) in [5.74, 6) is 0.462. The van der Waals surface area contributed by atoms with Crippen molar-refractivity contribution in [3.8, 4) is 5.75 Å². The Balaban J connectivity index is 1.42. The Labute approximate surface area is 193 Å². The molecule has 33 heavy (non-hydrogen) atoms. The summed E-state index contributed by atoms with van der Waals surface area (Å²) in [6.07, 6.45) is 0.679. The number of piperazine rings is 1. The van der Waals surface area contributed by atoms with Crippen LogP contribution in [0.2, 0.25) is 0 Å². The van der Waals surface area contributed by atoms with Gasteiger partial charge in [0.05, 0.1) is 19.1 Å². The number of halogens is 1. The predicted octanol–water partition coefficient (Wildman–Crippen LogP) is 4.02. The molecule has 0 radical (unpaired) electrons. The third kappa shape index (κ3) is 4.38. The zero-order valence-corrected chi connectivity index (χ0v) is 18.7. The molecule has 0 aromatic heterocycles. The van der Waals surface area contributed by atoms with Gasteiger partial charge in [-0.2, -0.15) is 0 Å². The molecule has 170 valence electrons. The summed E-state index contributed by atoms with van der Waals surface area (Å²) in [5, 5.41) is 3.16. The molecule has 2 aliphatic rings. The lowest BCUT2D eigenvalue weighted by Gasteiger charge is -2.49. The monoisotopic (exact) mass is 445 g/mol. The van der Waals surface area contributed by atoms with Crippen molar-refractivity contribution in [2.75, 3.05) is 36.5 Å². The molecule has 0 unspecified atom stereocenters. The lowest BCUT2D eigenvalue weighted by molar-refractivity contribution is -0.126. The Morgan fingerprint density at radius 2 is 1.85 bits per heavy atom. The molecule has 0 spiro atoms. The minimum absolute atomic E-state index is 0.0131. The molecule has 3 aromatic carbocycles. The molecule has 1 fully saturated rings. The summed E-state index contributed by atoms with van der Waals surface area (Å²) in [7, 11) is 1.67. The second kappa shape index (κ2) is 9.14. The summed E-state index contributed by atoms with van der Waals surface area (Å²) in [6, 6.07) is 22.7. The van der Waals surface area contributed by atoms with Crippen molar-refractivity contribution in [1.82, 2.24) is 5.32 Å². The third-order valence-electron chi connectivity index (χ3n) is 6.76. The van der Waals surface area contributed by atoms with Crippen molar-refractivity contribution in [1.29, 1.82) is 0 Å². The number of anilines is 2. The van der Waals surface area contributed by atoms with Crippen LogP contribution in [0.15, 0.2) is 72.8 Å². The number of methoxy groups -OCH3 is 1. The van der Waals surface area contributed by atoms with Gasteiger partial charge in [0.1, 0.15) is 11.6 Å². The fourth-order valence-electron chi connectivity index (χ4n) is 5.01. The van der Waals surface area contributed by atoms with E-state index in [4.69, 9.17) is 4.74 Å².